The molecule has 0 aliphatic carbocycles. The van der Waals surface area contributed by atoms with Crippen molar-refractivity contribution in [2.75, 3.05) is 12.8 Å². The van der Waals surface area contributed by atoms with Crippen LogP contribution in [0, 0.1) is 0 Å². The standard InChI is InChI=1S/C5H5Br2N3O/c1-11-5-3(7)9-2(6)4(8)10-5/h1H3,(H2,8,10). The highest BCUT2D eigenvalue weighted by Crippen LogP contribution is 2.25. The van der Waals surface area contributed by atoms with Gasteiger partial charge in [-0.3, -0.25) is 0 Å². The number of anilines is 1. The summed E-state index contributed by atoms with van der Waals surface area (Å²) >= 11 is 6.28. The molecule has 0 saturated carbocycles. The van der Waals surface area contributed by atoms with E-state index in [4.69, 9.17) is 10.5 Å². The lowest BCUT2D eigenvalue weighted by atomic mass is 10.7. The Bertz CT molecular complexity index is 279. The largest absolute Gasteiger partial charge is 0.479 e. The lowest BCUT2D eigenvalue weighted by molar-refractivity contribution is 0.393. The molecule has 0 aliphatic heterocycles. The number of ether oxygens (including phenoxy) is 1. The van der Waals surface area contributed by atoms with Crippen LogP contribution in [0.15, 0.2) is 9.21 Å². The van der Waals surface area contributed by atoms with Gasteiger partial charge < -0.3 is 10.5 Å². The van der Waals surface area contributed by atoms with Gasteiger partial charge in [0.1, 0.15) is 4.60 Å². The molecule has 0 aromatic carbocycles. The zero-order valence-electron chi connectivity index (χ0n) is 5.64. The van der Waals surface area contributed by atoms with Gasteiger partial charge >= 0.3 is 0 Å². The van der Waals surface area contributed by atoms with E-state index < -0.39 is 0 Å². The van der Waals surface area contributed by atoms with Crippen molar-refractivity contribution in [3.8, 4) is 5.88 Å². The molecular formula is C5H5Br2N3O. The third kappa shape index (κ3) is 1.81. The average Bonchev–Trinajstić information content (AvgIpc) is 1.97. The first kappa shape index (κ1) is 8.73. The third-order valence-corrected chi connectivity index (χ3v) is 2.10. The summed E-state index contributed by atoms with van der Waals surface area (Å²) in [4.78, 5) is 7.85. The highest BCUT2D eigenvalue weighted by atomic mass is 79.9. The van der Waals surface area contributed by atoms with Crippen molar-refractivity contribution >= 4 is 37.7 Å². The number of methoxy groups -OCH3 is 1. The second-order valence-electron chi connectivity index (χ2n) is 1.70. The number of hydrogen-bond acceptors (Lipinski definition) is 4. The van der Waals surface area contributed by atoms with Crippen molar-refractivity contribution < 1.29 is 4.74 Å². The molecule has 0 radical (unpaired) electrons. The summed E-state index contributed by atoms with van der Waals surface area (Å²) in [5.41, 5.74) is 5.44. The summed E-state index contributed by atoms with van der Waals surface area (Å²) in [7, 11) is 1.50. The summed E-state index contributed by atoms with van der Waals surface area (Å²) in [5, 5.41) is 0. The van der Waals surface area contributed by atoms with Crippen molar-refractivity contribution in [1.29, 1.82) is 0 Å². The second-order valence-corrected chi connectivity index (χ2v) is 3.20. The number of nitrogens with zero attached hydrogens (tertiary/aromatic N) is 2. The van der Waals surface area contributed by atoms with Crippen LogP contribution in [-0.2, 0) is 0 Å². The van der Waals surface area contributed by atoms with E-state index in [9.17, 15) is 0 Å². The SMILES string of the molecule is COc1nc(N)c(Br)nc1Br. The van der Waals surface area contributed by atoms with Gasteiger partial charge in [0.05, 0.1) is 7.11 Å². The topological polar surface area (TPSA) is 61.0 Å². The van der Waals surface area contributed by atoms with Gasteiger partial charge in [0, 0.05) is 0 Å². The molecule has 0 unspecified atom stereocenters. The number of hydrogen-bond donors (Lipinski definition) is 1. The summed E-state index contributed by atoms with van der Waals surface area (Å²) in [5.74, 6) is 0.691. The molecule has 1 aromatic rings. The fourth-order valence-corrected chi connectivity index (χ4v) is 1.45. The van der Waals surface area contributed by atoms with Crippen molar-refractivity contribution in [2.24, 2.45) is 0 Å². The summed E-state index contributed by atoms with van der Waals surface area (Å²) < 4.78 is 5.89. The minimum atomic E-state index is 0.310. The third-order valence-electron chi connectivity index (χ3n) is 1.000. The van der Waals surface area contributed by atoms with E-state index in [0.29, 0.717) is 20.9 Å². The van der Waals surface area contributed by atoms with Gasteiger partial charge in [-0.25, -0.2) is 4.98 Å². The molecular weight excluding hydrogens is 278 g/mol. The van der Waals surface area contributed by atoms with E-state index >= 15 is 0 Å². The Morgan fingerprint density at radius 1 is 1.27 bits per heavy atom. The zero-order chi connectivity index (χ0) is 8.43. The number of nitrogens with two attached hydrogens (primary N) is 1. The van der Waals surface area contributed by atoms with Crippen molar-refractivity contribution in [3.63, 3.8) is 0 Å². The molecule has 0 atom stereocenters. The molecule has 4 nitrogen and oxygen atoms in total. The van der Waals surface area contributed by atoms with Gasteiger partial charge in [-0.1, -0.05) is 0 Å². The molecule has 60 valence electrons. The molecule has 0 bridgehead atoms. The molecule has 0 amide bonds. The van der Waals surface area contributed by atoms with Crippen LogP contribution in [0.4, 0.5) is 5.82 Å². The molecule has 1 aromatic heterocycles. The van der Waals surface area contributed by atoms with Crippen LogP contribution in [0.25, 0.3) is 0 Å². The summed E-state index contributed by atoms with van der Waals surface area (Å²) in [6.45, 7) is 0. The van der Waals surface area contributed by atoms with Gasteiger partial charge in [0.25, 0.3) is 0 Å². The van der Waals surface area contributed by atoms with Gasteiger partial charge in [0.15, 0.2) is 10.4 Å². The summed E-state index contributed by atoms with van der Waals surface area (Å²) in [6, 6.07) is 0. The monoisotopic (exact) mass is 281 g/mol. The molecule has 2 N–H and O–H groups in total. The first-order valence-corrected chi connectivity index (χ1v) is 4.26. The zero-order valence-corrected chi connectivity index (χ0v) is 8.81. The lowest BCUT2D eigenvalue weighted by Gasteiger charge is -2.02. The van der Waals surface area contributed by atoms with E-state index in [0.717, 1.165) is 0 Å². The summed E-state index contributed by atoms with van der Waals surface area (Å²) in [6.07, 6.45) is 0. The number of rotatable bonds is 1. The van der Waals surface area contributed by atoms with Gasteiger partial charge in [-0.15, -0.1) is 0 Å². The average molecular weight is 283 g/mol. The normalized spacial score (nSPS) is 9.73. The first-order chi connectivity index (χ1) is 5.15. The second kappa shape index (κ2) is 3.36. The number of halogens is 2. The van der Waals surface area contributed by atoms with Gasteiger partial charge in [-0.2, -0.15) is 4.98 Å². The Balaban J connectivity index is 3.21. The minimum absolute atomic E-state index is 0.310. The fourth-order valence-electron chi connectivity index (χ4n) is 0.523. The molecule has 1 heterocycles. The Kier molecular flexibility index (Phi) is 2.67. The van der Waals surface area contributed by atoms with Crippen LogP contribution in [0.5, 0.6) is 5.88 Å². The Labute approximate surface area is 80.4 Å². The molecule has 0 fully saturated rings. The maximum atomic E-state index is 5.44. The molecule has 0 saturated heterocycles. The predicted molar refractivity (Wildman–Crippen MR) is 48.4 cm³/mol. The molecule has 1 rings (SSSR count). The first-order valence-electron chi connectivity index (χ1n) is 2.67. The highest BCUT2D eigenvalue weighted by molar-refractivity contribution is 9.11. The fraction of sp³-hybridized carbons (Fsp3) is 0.200. The highest BCUT2D eigenvalue weighted by Gasteiger charge is 2.06. The van der Waals surface area contributed by atoms with Gasteiger partial charge in [0.2, 0.25) is 5.88 Å². The molecule has 0 aliphatic rings. The molecule has 11 heavy (non-hydrogen) atoms. The van der Waals surface area contributed by atoms with Gasteiger partial charge in [-0.05, 0) is 31.9 Å². The van der Waals surface area contributed by atoms with Crippen molar-refractivity contribution in [2.45, 2.75) is 0 Å². The minimum Gasteiger partial charge on any atom is -0.479 e. The molecule has 0 spiro atoms. The van der Waals surface area contributed by atoms with E-state index in [1.165, 1.54) is 7.11 Å². The van der Waals surface area contributed by atoms with Crippen molar-refractivity contribution in [1.82, 2.24) is 9.97 Å². The van der Waals surface area contributed by atoms with Crippen LogP contribution in [0.2, 0.25) is 0 Å². The predicted octanol–water partition coefficient (Wildman–Crippen LogP) is 1.59. The van der Waals surface area contributed by atoms with E-state index in [1.807, 2.05) is 0 Å². The van der Waals surface area contributed by atoms with Crippen molar-refractivity contribution in [3.05, 3.63) is 9.21 Å². The smallest absolute Gasteiger partial charge is 0.249 e. The Morgan fingerprint density at radius 3 is 2.45 bits per heavy atom. The quantitative estimate of drug-likeness (QED) is 0.850. The van der Waals surface area contributed by atoms with E-state index in [2.05, 4.69) is 41.8 Å². The van der Waals surface area contributed by atoms with E-state index in [1.54, 1.807) is 0 Å². The Morgan fingerprint density at radius 2 is 1.91 bits per heavy atom. The van der Waals surface area contributed by atoms with E-state index in [-0.39, 0.29) is 0 Å². The van der Waals surface area contributed by atoms with Crippen LogP contribution in [0.3, 0.4) is 0 Å². The number of nitrogen functional groups attached to an aromatic ring is 1. The lowest BCUT2D eigenvalue weighted by Crippen LogP contribution is -1.98. The molecule has 6 heteroatoms. The van der Waals surface area contributed by atoms with Crippen LogP contribution < -0.4 is 10.5 Å². The van der Waals surface area contributed by atoms with Crippen LogP contribution in [0.1, 0.15) is 0 Å². The number of aromatic nitrogens is 2. The maximum absolute atomic E-state index is 5.44. The van der Waals surface area contributed by atoms with Crippen LogP contribution in [-0.4, -0.2) is 17.1 Å². The Hall–Kier alpha value is -0.360. The maximum Gasteiger partial charge on any atom is 0.249 e. The van der Waals surface area contributed by atoms with Crippen LogP contribution >= 0.6 is 31.9 Å².